The van der Waals surface area contributed by atoms with Crippen LogP contribution in [0.2, 0.25) is 4.34 Å². The maximum Gasteiger partial charge on any atom is 0.101 e. The third kappa shape index (κ3) is 3.58. The Bertz CT molecular complexity index is 601. The second-order valence-corrected chi connectivity index (χ2v) is 7.02. The third-order valence-electron chi connectivity index (χ3n) is 3.80. The van der Waals surface area contributed by atoms with Gasteiger partial charge in [0.05, 0.1) is 4.34 Å². The molecule has 0 saturated carbocycles. The number of nitrogens with one attached hydrogen (secondary N) is 2. The molecule has 0 fully saturated rings. The van der Waals surface area contributed by atoms with Crippen molar-refractivity contribution >= 4 is 28.6 Å². The van der Waals surface area contributed by atoms with Gasteiger partial charge in [0.25, 0.3) is 0 Å². The largest absolute Gasteiger partial charge is 0.386 e. The van der Waals surface area contributed by atoms with Crippen molar-refractivity contribution in [2.24, 2.45) is 0 Å². The van der Waals surface area contributed by atoms with Gasteiger partial charge in [-0.2, -0.15) is 0 Å². The second kappa shape index (κ2) is 6.79. The summed E-state index contributed by atoms with van der Waals surface area (Å²) in [6, 6.07) is 12.4. The van der Waals surface area contributed by atoms with E-state index in [4.69, 9.17) is 11.6 Å². The molecule has 0 aliphatic carbocycles. The van der Waals surface area contributed by atoms with Gasteiger partial charge in [-0.25, -0.2) is 0 Å². The van der Waals surface area contributed by atoms with Gasteiger partial charge in [-0.1, -0.05) is 29.8 Å². The number of fused-ring (bicyclic) bond motifs is 1. The summed E-state index contributed by atoms with van der Waals surface area (Å²) >= 11 is 7.36. The Kier molecular flexibility index (Phi) is 4.80. The zero-order valence-corrected chi connectivity index (χ0v) is 13.3. The van der Waals surface area contributed by atoms with E-state index in [1.165, 1.54) is 22.6 Å². The summed E-state index contributed by atoms with van der Waals surface area (Å²) in [5, 5.41) is 17.2. The summed E-state index contributed by atoms with van der Waals surface area (Å²) in [6.07, 6.45) is 1.68. The first-order chi connectivity index (χ1) is 10.2. The molecular formula is C16H19ClN2OS. The molecule has 21 heavy (non-hydrogen) atoms. The minimum Gasteiger partial charge on any atom is -0.386 e. The summed E-state index contributed by atoms with van der Waals surface area (Å²) < 4.78 is 0.716. The first kappa shape index (κ1) is 14.9. The zero-order valence-electron chi connectivity index (χ0n) is 11.7. The highest BCUT2D eigenvalue weighted by Gasteiger charge is 2.19. The highest BCUT2D eigenvalue weighted by Crippen LogP contribution is 2.30. The van der Waals surface area contributed by atoms with E-state index in [9.17, 15) is 5.11 Å². The molecule has 0 radical (unpaired) electrons. The first-order valence-corrected chi connectivity index (χ1v) is 8.43. The van der Waals surface area contributed by atoms with Crippen LogP contribution in [0, 0.1) is 0 Å². The topological polar surface area (TPSA) is 44.3 Å². The van der Waals surface area contributed by atoms with Crippen molar-refractivity contribution in [3.8, 4) is 0 Å². The number of anilines is 1. The van der Waals surface area contributed by atoms with Crippen molar-refractivity contribution in [1.29, 1.82) is 0 Å². The Hall–Kier alpha value is -1.07. The lowest BCUT2D eigenvalue weighted by molar-refractivity contribution is 0.172. The van der Waals surface area contributed by atoms with Crippen LogP contribution in [0.4, 0.5) is 5.69 Å². The molecule has 2 aromatic rings. The number of rotatable bonds is 4. The van der Waals surface area contributed by atoms with E-state index in [2.05, 4.69) is 34.9 Å². The highest BCUT2D eigenvalue weighted by atomic mass is 35.5. The van der Waals surface area contributed by atoms with Crippen LogP contribution in [0.1, 0.15) is 35.4 Å². The third-order valence-corrected chi connectivity index (χ3v) is 5.13. The van der Waals surface area contributed by atoms with Crippen molar-refractivity contribution < 1.29 is 5.11 Å². The van der Waals surface area contributed by atoms with Crippen LogP contribution < -0.4 is 10.6 Å². The number of aliphatic hydroxyl groups is 1. The number of thiophene rings is 1. The maximum atomic E-state index is 10.3. The highest BCUT2D eigenvalue weighted by molar-refractivity contribution is 7.16. The van der Waals surface area contributed by atoms with Gasteiger partial charge in [0.15, 0.2) is 0 Å². The predicted molar refractivity (Wildman–Crippen MR) is 89.2 cm³/mol. The van der Waals surface area contributed by atoms with Crippen molar-refractivity contribution in [2.45, 2.75) is 25.0 Å². The van der Waals surface area contributed by atoms with Crippen LogP contribution in [0.5, 0.6) is 0 Å². The molecule has 1 aliphatic heterocycles. The lowest BCUT2D eigenvalue weighted by Crippen LogP contribution is -2.26. The van der Waals surface area contributed by atoms with E-state index in [0.717, 1.165) is 24.3 Å². The summed E-state index contributed by atoms with van der Waals surface area (Å²) in [7, 11) is 0. The molecule has 2 heterocycles. The second-order valence-electron chi connectivity index (χ2n) is 5.27. The SMILES string of the molecule is O[C@H](CN[C@@H]1CCCNc2ccccc21)c1ccc(Cl)s1. The normalized spacial score (nSPS) is 19.4. The summed E-state index contributed by atoms with van der Waals surface area (Å²) in [4.78, 5) is 0.910. The van der Waals surface area contributed by atoms with E-state index >= 15 is 0 Å². The molecule has 3 nitrogen and oxygen atoms in total. The van der Waals surface area contributed by atoms with Crippen molar-refractivity contribution in [2.75, 3.05) is 18.4 Å². The Morgan fingerprint density at radius 3 is 3.00 bits per heavy atom. The number of hydrogen-bond acceptors (Lipinski definition) is 4. The lowest BCUT2D eigenvalue weighted by atomic mass is 10.0. The van der Waals surface area contributed by atoms with Gasteiger partial charge in [-0.15, -0.1) is 11.3 Å². The molecule has 0 saturated heterocycles. The van der Waals surface area contributed by atoms with Crippen LogP contribution in [-0.2, 0) is 0 Å². The fourth-order valence-electron chi connectivity index (χ4n) is 2.72. The molecule has 2 atom stereocenters. The zero-order chi connectivity index (χ0) is 14.7. The molecule has 0 amide bonds. The Morgan fingerprint density at radius 1 is 1.33 bits per heavy atom. The standard InChI is InChI=1S/C16H19ClN2OS/c17-16-8-7-15(21-16)14(20)10-19-13-6-3-9-18-12-5-2-1-4-11(12)13/h1-2,4-5,7-8,13-14,18-20H,3,6,9-10H2/t13-,14-/m1/s1. The van der Waals surface area contributed by atoms with E-state index in [-0.39, 0.29) is 6.04 Å². The van der Waals surface area contributed by atoms with Crippen LogP contribution in [0.25, 0.3) is 0 Å². The van der Waals surface area contributed by atoms with Crippen molar-refractivity contribution in [3.63, 3.8) is 0 Å². The Balaban J connectivity index is 1.67. The van der Waals surface area contributed by atoms with Crippen molar-refractivity contribution in [1.82, 2.24) is 5.32 Å². The molecule has 0 unspecified atom stereocenters. The smallest absolute Gasteiger partial charge is 0.101 e. The van der Waals surface area contributed by atoms with Crippen LogP contribution >= 0.6 is 22.9 Å². The van der Waals surface area contributed by atoms with Gasteiger partial charge < -0.3 is 15.7 Å². The lowest BCUT2D eigenvalue weighted by Gasteiger charge is -2.20. The summed E-state index contributed by atoms with van der Waals surface area (Å²) in [5.74, 6) is 0. The van der Waals surface area contributed by atoms with Crippen LogP contribution in [-0.4, -0.2) is 18.2 Å². The summed E-state index contributed by atoms with van der Waals surface area (Å²) in [6.45, 7) is 1.54. The first-order valence-electron chi connectivity index (χ1n) is 7.23. The van der Waals surface area contributed by atoms with Crippen LogP contribution in [0.15, 0.2) is 36.4 Å². The molecule has 112 valence electrons. The summed E-state index contributed by atoms with van der Waals surface area (Å²) in [5.41, 5.74) is 2.48. The number of para-hydroxylation sites is 1. The number of aliphatic hydroxyl groups excluding tert-OH is 1. The molecule has 0 bridgehead atoms. The van der Waals surface area contributed by atoms with Crippen LogP contribution in [0.3, 0.4) is 0 Å². The maximum absolute atomic E-state index is 10.3. The van der Waals surface area contributed by atoms with E-state index in [1.54, 1.807) is 0 Å². The van der Waals surface area contributed by atoms with Gasteiger partial charge >= 0.3 is 0 Å². The number of benzene rings is 1. The molecular weight excluding hydrogens is 304 g/mol. The van der Waals surface area contributed by atoms with E-state index < -0.39 is 6.10 Å². The average Bonchev–Trinajstić information content (AvgIpc) is 2.83. The van der Waals surface area contributed by atoms with Gasteiger partial charge in [-0.05, 0) is 36.6 Å². The monoisotopic (exact) mass is 322 g/mol. The molecule has 1 aromatic carbocycles. The number of hydrogen-bond donors (Lipinski definition) is 3. The van der Waals surface area contributed by atoms with Gasteiger partial charge in [-0.3, -0.25) is 0 Å². The number of halogens is 1. The van der Waals surface area contributed by atoms with Crippen molar-refractivity contribution in [3.05, 3.63) is 51.2 Å². The molecule has 3 rings (SSSR count). The fraction of sp³-hybridized carbons (Fsp3) is 0.375. The minimum atomic E-state index is -0.508. The molecule has 1 aliphatic rings. The van der Waals surface area contributed by atoms with E-state index in [1.807, 2.05) is 12.1 Å². The quantitative estimate of drug-likeness (QED) is 0.798. The fourth-order valence-corrected chi connectivity index (χ4v) is 3.77. The predicted octanol–water partition coefficient (Wildman–Crippen LogP) is 3.97. The van der Waals surface area contributed by atoms with Gasteiger partial charge in [0.1, 0.15) is 6.10 Å². The molecule has 1 aromatic heterocycles. The minimum absolute atomic E-state index is 0.279. The molecule has 0 spiro atoms. The van der Waals surface area contributed by atoms with Gasteiger partial charge in [0.2, 0.25) is 0 Å². The molecule has 3 N–H and O–H groups in total. The van der Waals surface area contributed by atoms with E-state index in [0.29, 0.717) is 10.9 Å². The average molecular weight is 323 g/mol. The molecule has 5 heteroatoms. The Labute approximate surface area is 134 Å². The Morgan fingerprint density at radius 2 is 2.19 bits per heavy atom. The van der Waals surface area contributed by atoms with Gasteiger partial charge in [0, 0.05) is 29.7 Å².